The zero-order chi connectivity index (χ0) is 17.9. The van der Waals surface area contributed by atoms with Crippen molar-refractivity contribution in [2.75, 3.05) is 31.2 Å². The Morgan fingerprint density at radius 3 is 2.24 bits per heavy atom. The molecule has 7 nitrogen and oxygen atoms in total. The second-order valence-electron chi connectivity index (χ2n) is 6.59. The number of benzene rings is 1. The third-order valence-electron chi connectivity index (χ3n) is 5.20. The van der Waals surface area contributed by atoms with Crippen molar-refractivity contribution in [2.24, 2.45) is 0 Å². The predicted octanol–water partition coefficient (Wildman–Crippen LogP) is 1.51. The molecule has 1 amide bonds. The maximum atomic E-state index is 13.2. The van der Waals surface area contributed by atoms with Crippen molar-refractivity contribution in [1.29, 1.82) is 0 Å². The molecule has 1 aromatic carbocycles. The van der Waals surface area contributed by atoms with Crippen molar-refractivity contribution >= 4 is 21.4 Å². The number of anilines is 1. The fraction of sp³-hybridized carbons (Fsp3) is 0.588. The zero-order valence-corrected chi connectivity index (χ0v) is 14.9. The van der Waals surface area contributed by atoms with E-state index in [1.807, 2.05) is 0 Å². The monoisotopic (exact) mass is 368 g/mol. The van der Waals surface area contributed by atoms with E-state index in [9.17, 15) is 13.2 Å². The minimum Gasteiger partial charge on any atom is -0.381 e. The Morgan fingerprint density at radius 2 is 1.68 bits per heavy atom. The highest BCUT2D eigenvalue weighted by Gasteiger charge is 2.52. The molecule has 2 aliphatic heterocycles. The van der Waals surface area contributed by atoms with E-state index < -0.39 is 20.5 Å². The van der Waals surface area contributed by atoms with Gasteiger partial charge in [0.1, 0.15) is 0 Å². The third kappa shape index (κ3) is 3.26. The molecule has 8 heteroatoms. The minimum absolute atomic E-state index is 0.0234. The van der Waals surface area contributed by atoms with Crippen molar-refractivity contribution in [1.82, 2.24) is 5.48 Å². The highest BCUT2D eigenvalue weighted by atomic mass is 32.2. The molecule has 0 saturated carbocycles. The van der Waals surface area contributed by atoms with Gasteiger partial charge in [0.25, 0.3) is 5.91 Å². The average Bonchev–Trinajstić information content (AvgIpc) is 2.68. The Bertz CT molecular complexity index is 705. The van der Waals surface area contributed by atoms with E-state index in [0.717, 1.165) is 31.6 Å². The van der Waals surface area contributed by atoms with Crippen LogP contribution in [0.5, 0.6) is 0 Å². The predicted molar refractivity (Wildman–Crippen MR) is 92.4 cm³/mol. The van der Waals surface area contributed by atoms with Gasteiger partial charge in [0, 0.05) is 32.0 Å². The first-order chi connectivity index (χ1) is 12.0. The van der Waals surface area contributed by atoms with Gasteiger partial charge in [0.2, 0.25) is 0 Å². The number of ether oxygens (including phenoxy) is 1. The first-order valence-corrected chi connectivity index (χ1v) is 10.1. The normalized spacial score (nSPS) is 20.9. The summed E-state index contributed by atoms with van der Waals surface area (Å²) in [5.74, 6) is -0.893. The van der Waals surface area contributed by atoms with Gasteiger partial charge in [-0.3, -0.25) is 10.0 Å². The number of amides is 1. The summed E-state index contributed by atoms with van der Waals surface area (Å²) in [6.07, 6.45) is 3.55. The Kier molecular flexibility index (Phi) is 5.31. The van der Waals surface area contributed by atoms with E-state index in [-0.39, 0.29) is 31.0 Å². The lowest BCUT2D eigenvalue weighted by atomic mass is 9.98. The Labute approximate surface area is 147 Å². The SMILES string of the molecule is O=C(NO)C1(S(=O)(=O)c2ccc(N3CCCCC3)cc2)CCOCC1. The molecule has 0 spiro atoms. The molecule has 0 unspecified atom stereocenters. The van der Waals surface area contributed by atoms with Crippen LogP contribution in [-0.4, -0.2) is 50.6 Å². The summed E-state index contributed by atoms with van der Waals surface area (Å²) in [5.41, 5.74) is 2.52. The quantitative estimate of drug-likeness (QED) is 0.618. The van der Waals surface area contributed by atoms with Gasteiger partial charge in [0.15, 0.2) is 14.6 Å². The van der Waals surface area contributed by atoms with E-state index in [4.69, 9.17) is 9.94 Å². The van der Waals surface area contributed by atoms with Gasteiger partial charge in [-0.25, -0.2) is 13.9 Å². The molecule has 0 aromatic heterocycles. The van der Waals surface area contributed by atoms with Crippen molar-refractivity contribution in [3.8, 4) is 0 Å². The lowest BCUT2D eigenvalue weighted by Crippen LogP contribution is -2.54. The number of hydrogen-bond donors (Lipinski definition) is 2. The fourth-order valence-electron chi connectivity index (χ4n) is 3.63. The van der Waals surface area contributed by atoms with E-state index in [0.29, 0.717) is 0 Å². The van der Waals surface area contributed by atoms with Crippen LogP contribution in [0.3, 0.4) is 0 Å². The molecule has 2 fully saturated rings. The molecule has 1 aromatic rings. The van der Waals surface area contributed by atoms with Crippen LogP contribution in [0.1, 0.15) is 32.1 Å². The van der Waals surface area contributed by atoms with Crippen LogP contribution in [0, 0.1) is 0 Å². The second kappa shape index (κ2) is 7.31. The van der Waals surface area contributed by atoms with E-state index >= 15 is 0 Å². The van der Waals surface area contributed by atoms with Crippen LogP contribution in [0.25, 0.3) is 0 Å². The van der Waals surface area contributed by atoms with Crippen LogP contribution in [-0.2, 0) is 19.4 Å². The molecule has 138 valence electrons. The number of carbonyl (C=O) groups excluding carboxylic acids is 1. The van der Waals surface area contributed by atoms with Gasteiger partial charge in [-0.05, 0) is 56.4 Å². The van der Waals surface area contributed by atoms with E-state index in [1.54, 1.807) is 24.3 Å². The summed E-state index contributed by atoms with van der Waals surface area (Å²) in [6.45, 7) is 2.28. The number of nitrogens with zero attached hydrogens (tertiary/aromatic N) is 1. The number of hydrogen-bond acceptors (Lipinski definition) is 6. The summed E-state index contributed by atoms with van der Waals surface area (Å²) in [4.78, 5) is 14.6. The third-order valence-corrected chi connectivity index (χ3v) is 7.71. The number of nitrogens with one attached hydrogen (secondary N) is 1. The smallest absolute Gasteiger partial charge is 0.265 e. The number of hydroxylamine groups is 1. The Morgan fingerprint density at radius 1 is 1.08 bits per heavy atom. The van der Waals surface area contributed by atoms with Gasteiger partial charge in [-0.2, -0.15) is 0 Å². The molecule has 2 saturated heterocycles. The highest BCUT2D eigenvalue weighted by Crippen LogP contribution is 2.36. The number of sulfone groups is 1. The van der Waals surface area contributed by atoms with Crippen molar-refractivity contribution < 1.29 is 23.2 Å². The van der Waals surface area contributed by atoms with E-state index in [1.165, 1.54) is 11.9 Å². The summed E-state index contributed by atoms with van der Waals surface area (Å²) in [7, 11) is -3.95. The molecule has 2 heterocycles. The zero-order valence-electron chi connectivity index (χ0n) is 14.1. The van der Waals surface area contributed by atoms with Crippen molar-refractivity contribution in [3.63, 3.8) is 0 Å². The van der Waals surface area contributed by atoms with Crippen LogP contribution in [0.15, 0.2) is 29.2 Å². The van der Waals surface area contributed by atoms with Crippen LogP contribution in [0.4, 0.5) is 5.69 Å². The van der Waals surface area contributed by atoms with Gasteiger partial charge in [-0.15, -0.1) is 0 Å². The van der Waals surface area contributed by atoms with Gasteiger partial charge in [0.05, 0.1) is 4.90 Å². The Balaban J connectivity index is 1.91. The molecule has 2 N–H and O–H groups in total. The van der Waals surface area contributed by atoms with Gasteiger partial charge >= 0.3 is 0 Å². The van der Waals surface area contributed by atoms with Gasteiger partial charge < -0.3 is 9.64 Å². The summed E-state index contributed by atoms with van der Waals surface area (Å²) < 4.78 is 29.8. The van der Waals surface area contributed by atoms with E-state index in [2.05, 4.69) is 4.90 Å². The number of piperidine rings is 1. The van der Waals surface area contributed by atoms with Crippen molar-refractivity contribution in [3.05, 3.63) is 24.3 Å². The maximum Gasteiger partial charge on any atom is 0.265 e. The highest BCUT2D eigenvalue weighted by molar-refractivity contribution is 7.93. The molecular formula is C17H24N2O5S. The molecule has 25 heavy (non-hydrogen) atoms. The molecule has 0 radical (unpaired) electrons. The van der Waals surface area contributed by atoms with Gasteiger partial charge in [-0.1, -0.05) is 0 Å². The molecule has 0 atom stereocenters. The largest absolute Gasteiger partial charge is 0.381 e. The second-order valence-corrected chi connectivity index (χ2v) is 8.85. The molecular weight excluding hydrogens is 344 g/mol. The summed E-state index contributed by atoms with van der Waals surface area (Å²) in [5, 5.41) is 9.07. The van der Waals surface area contributed by atoms with Crippen LogP contribution >= 0.6 is 0 Å². The fourth-order valence-corrected chi connectivity index (χ4v) is 5.57. The lowest BCUT2D eigenvalue weighted by Gasteiger charge is -2.34. The number of carbonyl (C=O) groups is 1. The first-order valence-electron chi connectivity index (χ1n) is 8.63. The summed E-state index contributed by atoms with van der Waals surface area (Å²) >= 11 is 0. The van der Waals surface area contributed by atoms with Crippen LogP contribution in [0.2, 0.25) is 0 Å². The lowest BCUT2D eigenvalue weighted by molar-refractivity contribution is -0.134. The topological polar surface area (TPSA) is 95.9 Å². The molecule has 2 aliphatic rings. The number of rotatable bonds is 4. The first kappa shape index (κ1) is 18.2. The van der Waals surface area contributed by atoms with Crippen LogP contribution < -0.4 is 10.4 Å². The molecule has 0 bridgehead atoms. The standard InChI is InChI=1S/C17H24N2O5S/c20-16(18-21)17(8-12-24-13-9-17)25(22,23)15-6-4-14(5-7-15)19-10-2-1-3-11-19/h4-7,21H,1-3,8-13H2,(H,18,20). The minimum atomic E-state index is -3.95. The Hall–Kier alpha value is -1.64. The average molecular weight is 368 g/mol. The molecule has 0 aliphatic carbocycles. The molecule has 3 rings (SSSR count). The summed E-state index contributed by atoms with van der Waals surface area (Å²) in [6, 6.07) is 6.70. The maximum absolute atomic E-state index is 13.2. The van der Waals surface area contributed by atoms with Crippen molar-refractivity contribution in [2.45, 2.75) is 41.7 Å².